The van der Waals surface area contributed by atoms with Gasteiger partial charge in [0.2, 0.25) is 5.91 Å². The van der Waals surface area contributed by atoms with Crippen molar-refractivity contribution in [1.82, 2.24) is 4.90 Å². The molecule has 0 aromatic heterocycles. The minimum absolute atomic E-state index is 0.0630. The average Bonchev–Trinajstić information content (AvgIpc) is 2.04. The quantitative estimate of drug-likeness (QED) is 0.619. The number of nitriles is 1. The van der Waals surface area contributed by atoms with Gasteiger partial charge in [0.25, 0.3) is 5.92 Å². The highest BCUT2D eigenvalue weighted by molar-refractivity contribution is 5.78. The first kappa shape index (κ1) is 9.90. The van der Waals surface area contributed by atoms with Crippen molar-refractivity contribution >= 4 is 5.91 Å². The van der Waals surface area contributed by atoms with E-state index in [1.165, 1.54) is 4.90 Å². The lowest BCUT2D eigenvalue weighted by Crippen LogP contribution is -2.42. The van der Waals surface area contributed by atoms with Gasteiger partial charge in [-0.3, -0.25) is 4.79 Å². The predicted octanol–water partition coefficient (Wildman–Crippen LogP) is 1.16. The van der Waals surface area contributed by atoms with E-state index in [1.807, 2.05) is 0 Å². The molecule has 0 unspecified atom stereocenters. The lowest BCUT2D eigenvalue weighted by Gasteiger charge is -2.31. The van der Waals surface area contributed by atoms with E-state index < -0.39 is 5.92 Å². The molecule has 0 aromatic rings. The number of alkyl halides is 2. The van der Waals surface area contributed by atoms with E-state index in [2.05, 4.69) is 0 Å². The first-order valence-electron chi connectivity index (χ1n) is 4.08. The normalized spacial score (nSPS) is 20.8. The Balaban J connectivity index is 2.42. The van der Waals surface area contributed by atoms with Crippen molar-refractivity contribution in [2.45, 2.75) is 25.2 Å². The third-order valence-corrected chi connectivity index (χ3v) is 2.08. The number of carbonyl (C=O) groups excluding carboxylic acids is 1. The molecule has 3 nitrogen and oxygen atoms in total. The summed E-state index contributed by atoms with van der Waals surface area (Å²) < 4.78 is 25.2. The molecule has 0 spiro atoms. The fourth-order valence-corrected chi connectivity index (χ4v) is 1.26. The van der Waals surface area contributed by atoms with Crippen LogP contribution in [-0.4, -0.2) is 29.8 Å². The summed E-state index contributed by atoms with van der Waals surface area (Å²) in [5, 5.41) is 8.22. The number of amides is 1. The lowest BCUT2D eigenvalue weighted by molar-refractivity contribution is -0.136. The first-order chi connectivity index (χ1) is 6.05. The largest absolute Gasteiger partial charge is 0.341 e. The molecule has 1 fully saturated rings. The van der Waals surface area contributed by atoms with Crippen LogP contribution in [0.15, 0.2) is 0 Å². The van der Waals surface area contributed by atoms with Crippen LogP contribution in [0.3, 0.4) is 0 Å². The summed E-state index contributed by atoms with van der Waals surface area (Å²) in [7, 11) is 0. The summed E-state index contributed by atoms with van der Waals surface area (Å²) in [6.07, 6.45) is -0.792. The van der Waals surface area contributed by atoms with E-state index in [0.717, 1.165) is 0 Å². The SMILES string of the molecule is N#CCC(=O)N1CCC(F)(F)CC1. The minimum Gasteiger partial charge on any atom is -0.341 e. The summed E-state index contributed by atoms with van der Waals surface area (Å²) in [6, 6.07) is 1.71. The van der Waals surface area contributed by atoms with Gasteiger partial charge in [0.1, 0.15) is 6.42 Å². The Kier molecular flexibility index (Phi) is 2.81. The zero-order valence-electron chi connectivity index (χ0n) is 7.09. The van der Waals surface area contributed by atoms with E-state index in [0.29, 0.717) is 0 Å². The molecular formula is C8H10F2N2O. The van der Waals surface area contributed by atoms with Crippen molar-refractivity contribution in [2.75, 3.05) is 13.1 Å². The minimum atomic E-state index is -2.64. The van der Waals surface area contributed by atoms with Gasteiger partial charge in [-0.25, -0.2) is 8.78 Å². The van der Waals surface area contributed by atoms with Crippen molar-refractivity contribution in [3.8, 4) is 6.07 Å². The van der Waals surface area contributed by atoms with Crippen molar-refractivity contribution in [3.05, 3.63) is 0 Å². The van der Waals surface area contributed by atoms with E-state index in [4.69, 9.17) is 5.26 Å². The van der Waals surface area contributed by atoms with Crippen LogP contribution in [0, 0.1) is 11.3 Å². The van der Waals surface area contributed by atoms with Gasteiger partial charge in [0, 0.05) is 25.9 Å². The molecule has 1 rings (SSSR count). The third-order valence-electron chi connectivity index (χ3n) is 2.08. The Morgan fingerprint density at radius 2 is 2.00 bits per heavy atom. The number of hydrogen-bond donors (Lipinski definition) is 0. The topological polar surface area (TPSA) is 44.1 Å². The van der Waals surface area contributed by atoms with Crippen LogP contribution in [0.25, 0.3) is 0 Å². The molecule has 0 aliphatic carbocycles. The number of rotatable bonds is 1. The van der Waals surface area contributed by atoms with Gasteiger partial charge in [-0.15, -0.1) is 0 Å². The van der Waals surface area contributed by atoms with Gasteiger partial charge in [-0.05, 0) is 0 Å². The van der Waals surface area contributed by atoms with E-state index in [1.54, 1.807) is 6.07 Å². The molecule has 0 atom stereocenters. The maximum Gasteiger partial charge on any atom is 0.251 e. The number of piperidine rings is 1. The summed E-state index contributed by atoms with van der Waals surface area (Å²) in [4.78, 5) is 12.4. The predicted molar refractivity (Wildman–Crippen MR) is 41.0 cm³/mol. The monoisotopic (exact) mass is 188 g/mol. The number of likely N-dealkylation sites (tertiary alicyclic amines) is 1. The zero-order valence-corrected chi connectivity index (χ0v) is 7.09. The molecule has 0 aromatic carbocycles. The molecule has 5 heteroatoms. The highest BCUT2D eigenvalue weighted by atomic mass is 19.3. The van der Waals surface area contributed by atoms with Gasteiger partial charge >= 0.3 is 0 Å². The molecule has 1 aliphatic rings. The average molecular weight is 188 g/mol. The Hall–Kier alpha value is -1.18. The van der Waals surface area contributed by atoms with Crippen LogP contribution in [0.4, 0.5) is 8.78 Å². The second-order valence-electron chi connectivity index (χ2n) is 3.07. The summed E-state index contributed by atoms with van der Waals surface area (Å²) in [6.45, 7) is 0.126. The molecule has 72 valence electrons. The Morgan fingerprint density at radius 3 is 2.46 bits per heavy atom. The Labute approximate surface area is 74.9 Å². The molecule has 0 N–H and O–H groups in total. The second-order valence-corrected chi connectivity index (χ2v) is 3.07. The van der Waals surface area contributed by atoms with Crippen LogP contribution in [-0.2, 0) is 4.79 Å². The van der Waals surface area contributed by atoms with Crippen LogP contribution in [0.5, 0.6) is 0 Å². The zero-order chi connectivity index (χ0) is 9.90. The standard InChI is InChI=1S/C8H10F2N2O/c9-8(10)2-5-12(6-3-8)7(13)1-4-11/h1-3,5-6H2. The van der Waals surface area contributed by atoms with E-state index in [9.17, 15) is 13.6 Å². The first-order valence-corrected chi connectivity index (χ1v) is 4.08. The maximum atomic E-state index is 12.6. The Bertz CT molecular complexity index is 237. The Morgan fingerprint density at radius 1 is 1.46 bits per heavy atom. The maximum absolute atomic E-state index is 12.6. The summed E-state index contributed by atoms with van der Waals surface area (Å²) >= 11 is 0. The second kappa shape index (κ2) is 3.69. The van der Waals surface area contributed by atoms with Crippen LogP contribution in [0.2, 0.25) is 0 Å². The molecule has 1 heterocycles. The van der Waals surface area contributed by atoms with Crippen molar-refractivity contribution in [2.24, 2.45) is 0 Å². The van der Waals surface area contributed by atoms with Gasteiger partial charge in [0.05, 0.1) is 6.07 Å². The van der Waals surface area contributed by atoms with Crippen molar-refractivity contribution in [1.29, 1.82) is 5.26 Å². The van der Waals surface area contributed by atoms with Gasteiger partial charge in [-0.2, -0.15) is 5.26 Å². The number of nitrogens with zero attached hydrogens (tertiary/aromatic N) is 2. The number of halogens is 2. The van der Waals surface area contributed by atoms with Gasteiger partial charge in [0.15, 0.2) is 0 Å². The molecule has 0 radical (unpaired) electrons. The molecule has 1 amide bonds. The molecule has 1 saturated heterocycles. The van der Waals surface area contributed by atoms with Crippen LogP contribution >= 0.6 is 0 Å². The summed E-state index contributed by atoms with van der Waals surface area (Å²) in [5.41, 5.74) is 0. The van der Waals surface area contributed by atoms with E-state index >= 15 is 0 Å². The van der Waals surface area contributed by atoms with E-state index in [-0.39, 0.29) is 38.3 Å². The number of carbonyl (C=O) groups is 1. The van der Waals surface area contributed by atoms with Gasteiger partial charge in [-0.1, -0.05) is 0 Å². The van der Waals surface area contributed by atoms with Crippen LogP contribution < -0.4 is 0 Å². The molecule has 0 bridgehead atoms. The molecule has 0 saturated carbocycles. The van der Waals surface area contributed by atoms with Crippen LogP contribution in [0.1, 0.15) is 19.3 Å². The summed E-state index contributed by atoms with van der Waals surface area (Å²) in [5.74, 6) is -2.98. The highest BCUT2D eigenvalue weighted by Crippen LogP contribution is 2.27. The lowest BCUT2D eigenvalue weighted by atomic mass is 10.1. The molecule has 13 heavy (non-hydrogen) atoms. The number of hydrogen-bond acceptors (Lipinski definition) is 2. The van der Waals surface area contributed by atoms with Crippen molar-refractivity contribution in [3.63, 3.8) is 0 Å². The van der Waals surface area contributed by atoms with Crippen molar-refractivity contribution < 1.29 is 13.6 Å². The fraction of sp³-hybridized carbons (Fsp3) is 0.750. The molecule has 1 aliphatic heterocycles. The smallest absolute Gasteiger partial charge is 0.251 e. The fourth-order valence-electron chi connectivity index (χ4n) is 1.26. The van der Waals surface area contributed by atoms with Gasteiger partial charge < -0.3 is 4.90 Å². The molecular weight excluding hydrogens is 178 g/mol. The highest BCUT2D eigenvalue weighted by Gasteiger charge is 2.35. The third kappa shape index (κ3) is 2.65.